The predicted molar refractivity (Wildman–Crippen MR) is 101 cm³/mol. The summed E-state index contributed by atoms with van der Waals surface area (Å²) >= 11 is 0. The normalized spacial score (nSPS) is 17.4. The number of benzene rings is 1. The molecule has 1 heterocycles. The zero-order valence-electron chi connectivity index (χ0n) is 15.2. The van der Waals surface area contributed by atoms with E-state index in [2.05, 4.69) is 5.32 Å². The Morgan fingerprint density at radius 1 is 1.35 bits per heavy atom. The van der Waals surface area contributed by atoms with E-state index in [0.717, 1.165) is 38.2 Å². The average Bonchev–Trinajstić information content (AvgIpc) is 3.04. The summed E-state index contributed by atoms with van der Waals surface area (Å²) in [5, 5.41) is 3.13. The van der Waals surface area contributed by atoms with E-state index in [9.17, 15) is 17.6 Å². The summed E-state index contributed by atoms with van der Waals surface area (Å²) in [6.07, 6.45) is 1.80. The Kier molecular flexibility index (Phi) is 8.95. The van der Waals surface area contributed by atoms with Gasteiger partial charge < -0.3 is 10.2 Å². The van der Waals surface area contributed by atoms with Gasteiger partial charge in [-0.1, -0.05) is 0 Å². The minimum Gasteiger partial charge on any atom is -0.342 e. The molecule has 1 unspecified atom stereocenters. The monoisotopic (exact) mass is 407 g/mol. The largest absolute Gasteiger partial charge is 0.342 e. The molecule has 6 nitrogen and oxygen atoms in total. The van der Waals surface area contributed by atoms with Crippen LogP contribution in [0.5, 0.6) is 0 Å². The number of nitrogens with one attached hydrogen (secondary N) is 1. The Balaban J connectivity index is 0.00000338. The molecule has 1 aliphatic heterocycles. The van der Waals surface area contributed by atoms with Gasteiger partial charge in [0.25, 0.3) is 0 Å². The molecule has 1 atom stereocenters. The van der Waals surface area contributed by atoms with E-state index in [1.54, 1.807) is 0 Å². The first-order valence-corrected chi connectivity index (χ1v) is 9.93. The van der Waals surface area contributed by atoms with Gasteiger partial charge in [-0.25, -0.2) is 17.1 Å². The van der Waals surface area contributed by atoms with Crippen LogP contribution in [-0.4, -0.2) is 63.8 Å². The highest BCUT2D eigenvalue weighted by atomic mass is 35.5. The van der Waals surface area contributed by atoms with Crippen LogP contribution in [0.1, 0.15) is 19.3 Å². The van der Waals surface area contributed by atoms with Crippen LogP contribution in [0, 0.1) is 11.7 Å². The van der Waals surface area contributed by atoms with Crippen LogP contribution in [0.25, 0.3) is 0 Å². The Bertz CT molecular complexity index is 685. The summed E-state index contributed by atoms with van der Waals surface area (Å²) < 4.78 is 38.9. The summed E-state index contributed by atoms with van der Waals surface area (Å²) in [5.41, 5.74) is 0. The fourth-order valence-electron chi connectivity index (χ4n) is 3.03. The molecule has 1 aliphatic rings. The molecule has 0 bridgehead atoms. The SMILES string of the molecule is CNCC1CCN(C(=O)CCCN(C)S(=O)(=O)c2ccc(F)cc2)C1.Cl. The van der Waals surface area contributed by atoms with Crippen molar-refractivity contribution < 1.29 is 17.6 Å². The highest BCUT2D eigenvalue weighted by Crippen LogP contribution is 2.18. The van der Waals surface area contributed by atoms with Gasteiger partial charge in [-0.05, 0) is 56.6 Å². The summed E-state index contributed by atoms with van der Waals surface area (Å²) in [5.74, 6) is 0.0936. The van der Waals surface area contributed by atoms with E-state index in [0.29, 0.717) is 18.8 Å². The van der Waals surface area contributed by atoms with Crippen molar-refractivity contribution in [1.29, 1.82) is 0 Å². The van der Waals surface area contributed by atoms with Crippen molar-refractivity contribution in [3.63, 3.8) is 0 Å². The molecule has 1 N–H and O–H groups in total. The Hall–Kier alpha value is -1.22. The number of carbonyl (C=O) groups is 1. The minimum absolute atomic E-state index is 0. The van der Waals surface area contributed by atoms with Crippen molar-refractivity contribution in [2.75, 3.05) is 40.3 Å². The highest BCUT2D eigenvalue weighted by molar-refractivity contribution is 7.89. The maximum absolute atomic E-state index is 12.9. The zero-order chi connectivity index (χ0) is 18.4. The molecule has 0 spiro atoms. The maximum atomic E-state index is 12.9. The van der Waals surface area contributed by atoms with Gasteiger partial charge >= 0.3 is 0 Å². The Labute approximate surface area is 161 Å². The second-order valence-corrected chi connectivity index (χ2v) is 8.48. The van der Waals surface area contributed by atoms with Crippen molar-refractivity contribution in [1.82, 2.24) is 14.5 Å². The van der Waals surface area contributed by atoms with Crippen molar-refractivity contribution in [3.8, 4) is 0 Å². The molecule has 26 heavy (non-hydrogen) atoms. The van der Waals surface area contributed by atoms with E-state index in [1.165, 1.54) is 23.5 Å². The number of halogens is 2. The lowest BCUT2D eigenvalue weighted by Gasteiger charge is -2.19. The molecule has 9 heteroatoms. The lowest BCUT2D eigenvalue weighted by molar-refractivity contribution is -0.130. The minimum atomic E-state index is -3.66. The van der Waals surface area contributed by atoms with Crippen LogP contribution in [-0.2, 0) is 14.8 Å². The van der Waals surface area contributed by atoms with Gasteiger partial charge in [0.05, 0.1) is 4.90 Å². The lowest BCUT2D eigenvalue weighted by Crippen LogP contribution is -2.32. The van der Waals surface area contributed by atoms with Crippen LogP contribution < -0.4 is 5.32 Å². The first kappa shape index (κ1) is 22.8. The van der Waals surface area contributed by atoms with E-state index in [4.69, 9.17) is 0 Å². The fourth-order valence-corrected chi connectivity index (χ4v) is 4.24. The average molecular weight is 408 g/mol. The van der Waals surface area contributed by atoms with Crippen molar-refractivity contribution in [3.05, 3.63) is 30.1 Å². The van der Waals surface area contributed by atoms with Crippen LogP contribution in [0.15, 0.2) is 29.2 Å². The van der Waals surface area contributed by atoms with Gasteiger partial charge in [0.1, 0.15) is 5.82 Å². The van der Waals surface area contributed by atoms with Crippen LogP contribution in [0.2, 0.25) is 0 Å². The third kappa shape index (κ3) is 5.90. The smallest absolute Gasteiger partial charge is 0.242 e. The molecule has 0 saturated carbocycles. The summed E-state index contributed by atoms with van der Waals surface area (Å²) in [6, 6.07) is 4.75. The van der Waals surface area contributed by atoms with E-state index in [-0.39, 0.29) is 29.8 Å². The highest BCUT2D eigenvalue weighted by Gasteiger charge is 2.26. The number of carbonyl (C=O) groups excluding carboxylic acids is 1. The lowest BCUT2D eigenvalue weighted by atomic mass is 10.1. The zero-order valence-corrected chi connectivity index (χ0v) is 16.8. The number of rotatable bonds is 8. The quantitative estimate of drug-likeness (QED) is 0.712. The van der Waals surface area contributed by atoms with Crippen molar-refractivity contribution in [2.24, 2.45) is 5.92 Å². The van der Waals surface area contributed by atoms with E-state index < -0.39 is 15.8 Å². The van der Waals surface area contributed by atoms with Crippen molar-refractivity contribution in [2.45, 2.75) is 24.2 Å². The molecule has 148 valence electrons. The van der Waals surface area contributed by atoms with E-state index >= 15 is 0 Å². The van der Waals surface area contributed by atoms with Gasteiger partial charge in [-0.15, -0.1) is 12.4 Å². The van der Waals surface area contributed by atoms with Crippen LogP contribution >= 0.6 is 12.4 Å². The molecule has 2 rings (SSSR count). The maximum Gasteiger partial charge on any atom is 0.242 e. The molecular formula is C17H27ClFN3O3S. The Morgan fingerprint density at radius 2 is 2.00 bits per heavy atom. The number of sulfonamides is 1. The van der Waals surface area contributed by atoms with Crippen LogP contribution in [0.4, 0.5) is 4.39 Å². The second kappa shape index (κ2) is 10.2. The molecule has 1 fully saturated rings. The Morgan fingerprint density at radius 3 is 2.62 bits per heavy atom. The molecule has 1 aromatic carbocycles. The van der Waals surface area contributed by atoms with Gasteiger partial charge in [0.2, 0.25) is 15.9 Å². The first-order chi connectivity index (χ1) is 11.8. The summed E-state index contributed by atoms with van der Waals surface area (Å²) in [6.45, 7) is 2.69. The van der Waals surface area contributed by atoms with Gasteiger partial charge in [0, 0.05) is 33.1 Å². The summed E-state index contributed by atoms with van der Waals surface area (Å²) in [4.78, 5) is 14.1. The first-order valence-electron chi connectivity index (χ1n) is 8.49. The van der Waals surface area contributed by atoms with Gasteiger partial charge in [-0.2, -0.15) is 0 Å². The molecule has 1 aromatic rings. The summed E-state index contributed by atoms with van der Waals surface area (Å²) in [7, 11) is -0.277. The number of amides is 1. The van der Waals surface area contributed by atoms with E-state index in [1.807, 2.05) is 11.9 Å². The number of likely N-dealkylation sites (tertiary alicyclic amines) is 1. The molecule has 0 radical (unpaired) electrons. The van der Waals surface area contributed by atoms with Gasteiger partial charge in [0.15, 0.2) is 0 Å². The standard InChI is InChI=1S/C17H26FN3O3S.ClH/c1-19-12-14-9-11-21(13-14)17(22)4-3-10-20(2)25(23,24)16-7-5-15(18)6-8-16;/h5-8,14,19H,3-4,9-13H2,1-2H3;1H. The predicted octanol–water partition coefficient (Wildman–Crippen LogP) is 1.72. The third-order valence-corrected chi connectivity index (χ3v) is 6.39. The second-order valence-electron chi connectivity index (χ2n) is 6.44. The topological polar surface area (TPSA) is 69.7 Å². The third-order valence-electron chi connectivity index (χ3n) is 4.52. The molecule has 0 aliphatic carbocycles. The number of nitrogens with zero attached hydrogens (tertiary/aromatic N) is 2. The fraction of sp³-hybridized carbons (Fsp3) is 0.588. The molecule has 1 amide bonds. The van der Waals surface area contributed by atoms with Crippen molar-refractivity contribution >= 4 is 28.3 Å². The number of hydrogen-bond donors (Lipinski definition) is 1. The van der Waals surface area contributed by atoms with Gasteiger partial charge in [-0.3, -0.25) is 4.79 Å². The molecular weight excluding hydrogens is 381 g/mol. The molecule has 1 saturated heterocycles. The number of hydrogen-bond acceptors (Lipinski definition) is 4. The molecule has 0 aromatic heterocycles. The van der Waals surface area contributed by atoms with Crippen LogP contribution in [0.3, 0.4) is 0 Å².